The summed E-state index contributed by atoms with van der Waals surface area (Å²) in [5, 5.41) is 8.34. The minimum atomic E-state index is -0.406. The third-order valence-corrected chi connectivity index (χ3v) is 3.85. The van der Waals surface area contributed by atoms with Crippen molar-refractivity contribution in [3.8, 4) is 11.4 Å². The monoisotopic (exact) mass is 260 g/mol. The molecule has 1 aliphatic carbocycles. The highest BCUT2D eigenvalue weighted by molar-refractivity contribution is 5.72. The number of anilines is 1. The molecule has 0 saturated heterocycles. The topological polar surface area (TPSA) is 56.7 Å². The molecule has 0 atom stereocenters. The van der Waals surface area contributed by atoms with Gasteiger partial charge >= 0.3 is 0 Å². The van der Waals surface area contributed by atoms with Gasteiger partial charge in [0.2, 0.25) is 0 Å². The lowest BCUT2D eigenvalue weighted by Gasteiger charge is -2.16. The minimum Gasteiger partial charge on any atom is -0.396 e. The van der Waals surface area contributed by atoms with E-state index < -0.39 is 5.82 Å². The number of benzene rings is 1. The van der Waals surface area contributed by atoms with E-state index in [2.05, 4.69) is 14.8 Å². The number of hydrogen-bond donors (Lipinski definition) is 1. The van der Waals surface area contributed by atoms with Crippen molar-refractivity contribution in [2.75, 3.05) is 5.73 Å². The van der Waals surface area contributed by atoms with Crippen molar-refractivity contribution in [1.82, 2.24) is 14.8 Å². The number of aromatic nitrogens is 3. The molecule has 1 aliphatic rings. The Balaban J connectivity index is 2.12. The third kappa shape index (κ3) is 1.99. The maximum atomic E-state index is 13.6. The molecular formula is C14H17FN4. The van der Waals surface area contributed by atoms with Gasteiger partial charge in [0.15, 0.2) is 5.82 Å². The Bertz CT molecular complexity index is 599. The number of nitrogens with two attached hydrogens (primary N) is 1. The van der Waals surface area contributed by atoms with Crippen molar-refractivity contribution in [2.24, 2.45) is 0 Å². The van der Waals surface area contributed by atoms with Crippen molar-refractivity contribution < 1.29 is 4.39 Å². The maximum absolute atomic E-state index is 13.6. The van der Waals surface area contributed by atoms with Crippen LogP contribution in [0, 0.1) is 12.7 Å². The summed E-state index contributed by atoms with van der Waals surface area (Å²) >= 11 is 0. The van der Waals surface area contributed by atoms with E-state index in [4.69, 9.17) is 5.73 Å². The van der Waals surface area contributed by atoms with Gasteiger partial charge in [0.25, 0.3) is 0 Å². The molecule has 1 aromatic heterocycles. The third-order valence-electron chi connectivity index (χ3n) is 3.85. The van der Waals surface area contributed by atoms with Crippen LogP contribution in [-0.4, -0.2) is 14.8 Å². The van der Waals surface area contributed by atoms with Crippen LogP contribution in [0.25, 0.3) is 11.4 Å². The SMILES string of the molecule is Cc1nnc(-c2cccc(F)c2N)n1C1CCCC1. The molecule has 0 bridgehead atoms. The summed E-state index contributed by atoms with van der Waals surface area (Å²) in [6, 6.07) is 5.23. The van der Waals surface area contributed by atoms with Gasteiger partial charge in [0.1, 0.15) is 11.6 Å². The summed E-state index contributed by atoms with van der Waals surface area (Å²) in [7, 11) is 0. The highest BCUT2D eigenvalue weighted by Crippen LogP contribution is 2.35. The Kier molecular flexibility index (Phi) is 2.97. The summed E-state index contributed by atoms with van der Waals surface area (Å²) in [6.07, 6.45) is 4.70. The molecule has 0 unspecified atom stereocenters. The number of aryl methyl sites for hydroxylation is 1. The van der Waals surface area contributed by atoms with Crippen molar-refractivity contribution in [1.29, 1.82) is 0 Å². The van der Waals surface area contributed by atoms with Crippen molar-refractivity contribution in [3.05, 3.63) is 29.8 Å². The molecule has 2 N–H and O–H groups in total. The Morgan fingerprint density at radius 3 is 2.74 bits per heavy atom. The van der Waals surface area contributed by atoms with Crippen LogP contribution in [0.1, 0.15) is 37.5 Å². The summed E-state index contributed by atoms with van der Waals surface area (Å²) in [5.74, 6) is 1.14. The normalized spacial score (nSPS) is 16.1. The van der Waals surface area contributed by atoms with Gasteiger partial charge in [-0.2, -0.15) is 0 Å². The number of rotatable bonds is 2. The molecule has 5 heteroatoms. The van der Waals surface area contributed by atoms with Crippen molar-refractivity contribution in [3.63, 3.8) is 0 Å². The number of nitrogen functional groups attached to an aromatic ring is 1. The summed E-state index contributed by atoms with van der Waals surface area (Å²) in [5.41, 5.74) is 6.61. The first-order valence-electron chi connectivity index (χ1n) is 6.64. The summed E-state index contributed by atoms with van der Waals surface area (Å²) < 4.78 is 15.7. The van der Waals surface area contributed by atoms with Gasteiger partial charge in [-0.15, -0.1) is 10.2 Å². The van der Waals surface area contributed by atoms with E-state index in [1.165, 1.54) is 18.9 Å². The second kappa shape index (κ2) is 4.64. The standard InChI is InChI=1S/C14H17FN4/c1-9-17-18-14(19(9)10-5-2-3-6-10)11-7-4-8-12(15)13(11)16/h4,7-8,10H,2-3,5-6,16H2,1H3. The van der Waals surface area contributed by atoms with Crippen LogP contribution in [0.2, 0.25) is 0 Å². The Morgan fingerprint density at radius 1 is 1.26 bits per heavy atom. The molecule has 19 heavy (non-hydrogen) atoms. The van der Waals surface area contributed by atoms with Crippen molar-refractivity contribution in [2.45, 2.75) is 38.6 Å². The van der Waals surface area contributed by atoms with Crippen LogP contribution in [0.5, 0.6) is 0 Å². The van der Waals surface area contributed by atoms with E-state index in [-0.39, 0.29) is 5.69 Å². The fourth-order valence-corrected chi connectivity index (χ4v) is 2.88. The van der Waals surface area contributed by atoms with Crippen LogP contribution in [-0.2, 0) is 0 Å². The maximum Gasteiger partial charge on any atom is 0.166 e. The van der Waals surface area contributed by atoms with Gasteiger partial charge in [0, 0.05) is 11.6 Å². The molecule has 0 amide bonds. The van der Waals surface area contributed by atoms with Gasteiger partial charge < -0.3 is 10.3 Å². The molecule has 4 nitrogen and oxygen atoms in total. The zero-order valence-corrected chi connectivity index (χ0v) is 10.9. The average Bonchev–Trinajstić information content (AvgIpc) is 3.02. The van der Waals surface area contributed by atoms with Crippen LogP contribution >= 0.6 is 0 Å². The van der Waals surface area contributed by atoms with Crippen LogP contribution in [0.3, 0.4) is 0 Å². The first-order chi connectivity index (χ1) is 9.18. The lowest BCUT2D eigenvalue weighted by atomic mass is 10.1. The Hall–Kier alpha value is -1.91. The summed E-state index contributed by atoms with van der Waals surface area (Å²) in [4.78, 5) is 0. The largest absolute Gasteiger partial charge is 0.396 e. The van der Waals surface area contributed by atoms with Crippen LogP contribution in [0.4, 0.5) is 10.1 Å². The second-order valence-corrected chi connectivity index (χ2v) is 5.08. The molecule has 2 aromatic rings. The van der Waals surface area contributed by atoms with E-state index >= 15 is 0 Å². The lowest BCUT2D eigenvalue weighted by molar-refractivity contribution is 0.510. The molecule has 0 spiro atoms. The molecule has 1 aromatic carbocycles. The van der Waals surface area contributed by atoms with Crippen LogP contribution < -0.4 is 5.73 Å². The van der Waals surface area contributed by atoms with E-state index in [9.17, 15) is 4.39 Å². The smallest absolute Gasteiger partial charge is 0.166 e. The fraction of sp³-hybridized carbons (Fsp3) is 0.429. The highest BCUT2D eigenvalue weighted by atomic mass is 19.1. The van der Waals surface area contributed by atoms with Gasteiger partial charge in [-0.1, -0.05) is 18.9 Å². The van der Waals surface area contributed by atoms with E-state index in [0.29, 0.717) is 17.4 Å². The first kappa shape index (κ1) is 12.1. The quantitative estimate of drug-likeness (QED) is 0.844. The average molecular weight is 260 g/mol. The highest BCUT2D eigenvalue weighted by Gasteiger charge is 2.24. The molecular weight excluding hydrogens is 243 g/mol. The van der Waals surface area contributed by atoms with Gasteiger partial charge in [0.05, 0.1) is 5.69 Å². The Labute approximate surface area is 111 Å². The number of nitrogens with zero attached hydrogens (tertiary/aromatic N) is 3. The summed E-state index contributed by atoms with van der Waals surface area (Å²) in [6.45, 7) is 1.93. The van der Waals surface area contributed by atoms with E-state index in [1.807, 2.05) is 6.92 Å². The lowest BCUT2D eigenvalue weighted by Crippen LogP contribution is -2.09. The number of hydrogen-bond acceptors (Lipinski definition) is 3. The molecule has 1 fully saturated rings. The predicted molar refractivity (Wildman–Crippen MR) is 72.1 cm³/mol. The van der Waals surface area contributed by atoms with Gasteiger partial charge in [-0.05, 0) is 31.9 Å². The predicted octanol–water partition coefficient (Wildman–Crippen LogP) is 3.09. The molecule has 1 saturated carbocycles. The van der Waals surface area contributed by atoms with Crippen molar-refractivity contribution >= 4 is 5.69 Å². The Morgan fingerprint density at radius 2 is 2.00 bits per heavy atom. The zero-order valence-electron chi connectivity index (χ0n) is 10.9. The molecule has 0 radical (unpaired) electrons. The van der Waals surface area contributed by atoms with Crippen LogP contribution in [0.15, 0.2) is 18.2 Å². The molecule has 3 rings (SSSR count). The second-order valence-electron chi connectivity index (χ2n) is 5.08. The van der Waals surface area contributed by atoms with Gasteiger partial charge in [-0.25, -0.2) is 4.39 Å². The van der Waals surface area contributed by atoms with E-state index in [1.54, 1.807) is 12.1 Å². The van der Waals surface area contributed by atoms with E-state index in [0.717, 1.165) is 18.7 Å². The zero-order chi connectivity index (χ0) is 13.4. The molecule has 1 heterocycles. The minimum absolute atomic E-state index is 0.147. The molecule has 0 aliphatic heterocycles. The van der Waals surface area contributed by atoms with Gasteiger partial charge in [-0.3, -0.25) is 0 Å². The number of halogens is 1. The first-order valence-corrected chi connectivity index (χ1v) is 6.64. The molecule has 100 valence electrons. The fourth-order valence-electron chi connectivity index (χ4n) is 2.88. The number of para-hydroxylation sites is 1.